The fourth-order valence-electron chi connectivity index (χ4n) is 5.03. The van der Waals surface area contributed by atoms with Crippen molar-refractivity contribution < 1.29 is 24.2 Å². The van der Waals surface area contributed by atoms with Crippen molar-refractivity contribution in [3.63, 3.8) is 0 Å². The zero-order chi connectivity index (χ0) is 29.5. The lowest BCUT2D eigenvalue weighted by Crippen LogP contribution is -2.51. The lowest BCUT2D eigenvalue weighted by molar-refractivity contribution is -0.139. The molecule has 1 atom stereocenters. The topological polar surface area (TPSA) is 124 Å². The number of guanidine groups is 1. The summed E-state index contributed by atoms with van der Waals surface area (Å²) in [7, 11) is 1.63. The highest BCUT2D eigenvalue weighted by molar-refractivity contribution is 6.40. The minimum Gasteiger partial charge on any atom is -0.483 e. The highest BCUT2D eigenvalue weighted by Gasteiger charge is 2.31. The van der Waals surface area contributed by atoms with Gasteiger partial charge in [-0.3, -0.25) is 14.6 Å². The average Bonchev–Trinajstić information content (AvgIpc) is 3.65. The Bertz CT molecular complexity index is 1320. The molecule has 10 nitrogen and oxygen atoms in total. The Morgan fingerprint density at radius 2 is 1.95 bits per heavy atom. The van der Waals surface area contributed by atoms with Crippen LogP contribution in [0.4, 0.5) is 0 Å². The van der Waals surface area contributed by atoms with Gasteiger partial charge in [-0.2, -0.15) is 0 Å². The zero-order valence-corrected chi connectivity index (χ0v) is 24.7. The summed E-state index contributed by atoms with van der Waals surface area (Å²) >= 11 is 13.2. The second-order valence-corrected chi connectivity index (χ2v) is 10.8. The van der Waals surface area contributed by atoms with Crippen molar-refractivity contribution in [1.29, 1.82) is 0 Å². The summed E-state index contributed by atoms with van der Waals surface area (Å²) in [5.41, 5.74) is 2.36. The van der Waals surface area contributed by atoms with Crippen molar-refractivity contribution in [2.75, 3.05) is 39.8 Å². The lowest BCUT2D eigenvalue weighted by Gasteiger charge is -2.30. The number of amides is 2. The molecule has 3 heterocycles. The van der Waals surface area contributed by atoms with Crippen LogP contribution < -0.4 is 10.6 Å². The van der Waals surface area contributed by atoms with E-state index in [0.29, 0.717) is 31.1 Å². The molecule has 0 saturated carbocycles. The number of carbonyl (C=O) groups is 3. The third kappa shape index (κ3) is 7.23. The van der Waals surface area contributed by atoms with Crippen molar-refractivity contribution in [3.8, 4) is 0 Å². The van der Waals surface area contributed by atoms with Crippen LogP contribution in [-0.2, 0) is 27.3 Å². The molecule has 12 heteroatoms. The van der Waals surface area contributed by atoms with E-state index in [-0.39, 0.29) is 40.4 Å². The Labute approximate surface area is 249 Å². The highest BCUT2D eigenvalue weighted by atomic mass is 35.5. The van der Waals surface area contributed by atoms with E-state index in [2.05, 4.69) is 15.6 Å². The first-order chi connectivity index (χ1) is 19.7. The molecule has 3 aliphatic rings. The van der Waals surface area contributed by atoms with Gasteiger partial charge in [-0.05, 0) is 54.5 Å². The van der Waals surface area contributed by atoms with Gasteiger partial charge in [0.25, 0.3) is 11.8 Å². The number of likely N-dealkylation sites (tertiary alicyclic amines) is 1. The third-order valence-electron chi connectivity index (χ3n) is 7.21. The molecule has 1 saturated heterocycles. The van der Waals surface area contributed by atoms with Crippen LogP contribution in [0, 0.1) is 0 Å². The van der Waals surface area contributed by atoms with E-state index in [1.165, 1.54) is 0 Å². The normalized spacial score (nSPS) is 18.8. The summed E-state index contributed by atoms with van der Waals surface area (Å²) < 4.78 is 5.62. The number of carboxylic acid groups (broad SMARTS) is 1. The Balaban J connectivity index is 1.44. The predicted molar refractivity (Wildman–Crippen MR) is 158 cm³/mol. The van der Waals surface area contributed by atoms with Gasteiger partial charge >= 0.3 is 5.97 Å². The Morgan fingerprint density at radius 3 is 2.63 bits per heavy atom. The number of halogens is 2. The summed E-state index contributed by atoms with van der Waals surface area (Å²) in [6.45, 7) is 4.63. The molecule has 0 bridgehead atoms. The van der Waals surface area contributed by atoms with Crippen molar-refractivity contribution in [1.82, 2.24) is 20.4 Å². The van der Waals surface area contributed by atoms with Crippen LogP contribution in [0.25, 0.3) is 0 Å². The summed E-state index contributed by atoms with van der Waals surface area (Å²) in [5, 5.41) is 15.6. The Kier molecular flexibility index (Phi) is 10.3. The maximum absolute atomic E-state index is 13.2. The maximum Gasteiger partial charge on any atom is 0.328 e. The summed E-state index contributed by atoms with van der Waals surface area (Å²) in [4.78, 5) is 46.2. The number of carboxylic acids is 1. The van der Waals surface area contributed by atoms with Crippen LogP contribution in [0.5, 0.6) is 0 Å². The van der Waals surface area contributed by atoms with Gasteiger partial charge in [0.1, 0.15) is 12.6 Å². The lowest BCUT2D eigenvalue weighted by atomic mass is 9.96. The number of ether oxygens (including phenoxy) is 1. The number of aliphatic imine (C=N–C) groups is 1. The van der Waals surface area contributed by atoms with E-state index in [1.807, 2.05) is 30.1 Å². The quantitative estimate of drug-likeness (QED) is 0.307. The number of nitrogens with zero attached hydrogens (tertiary/aromatic N) is 3. The molecule has 0 aromatic heterocycles. The molecule has 4 rings (SSSR count). The molecule has 1 aromatic rings. The minimum absolute atomic E-state index is 0.0128. The smallest absolute Gasteiger partial charge is 0.328 e. The van der Waals surface area contributed by atoms with E-state index < -0.39 is 17.9 Å². The Hall–Kier alpha value is -3.50. The van der Waals surface area contributed by atoms with Gasteiger partial charge in [0.15, 0.2) is 11.7 Å². The van der Waals surface area contributed by atoms with Gasteiger partial charge < -0.3 is 30.3 Å². The van der Waals surface area contributed by atoms with E-state index in [9.17, 15) is 19.5 Å². The second kappa shape index (κ2) is 13.9. The molecule has 0 spiro atoms. The standard InChI is InChI=1S/C29H35Cl2N5O5/c1-3-4-5-8-18-13-23(41-17-18)27(38)36-12-9-20-19(16-36)14-21(30)24(25(20)31)26(37)34-22(28(39)40)15-33-29(32-2)35-10-6-7-11-35/h4-5,8,13-14,22H,3,6-7,9-12,15-17H2,1-2H3,(H,32,33)(H,34,37)(H,39,40)/b5-4-,18-8-/t22-/m0/s1. The van der Waals surface area contributed by atoms with E-state index >= 15 is 0 Å². The largest absolute Gasteiger partial charge is 0.483 e. The van der Waals surface area contributed by atoms with E-state index in [4.69, 9.17) is 27.9 Å². The van der Waals surface area contributed by atoms with E-state index in [0.717, 1.165) is 43.5 Å². The molecule has 1 fully saturated rings. The number of aliphatic carboxylic acids is 1. The SMILES string of the molecule is CC/C=C\C=C1\C=C(C(=O)N2CCc3c(cc(Cl)c(C(=O)N[C@@H](CN/C(=N/C)N4CCCC4)C(=O)O)c3Cl)C2)OC1. The van der Waals surface area contributed by atoms with E-state index in [1.54, 1.807) is 24.1 Å². The number of hydrogen-bond acceptors (Lipinski definition) is 5. The molecule has 0 aliphatic carbocycles. The molecule has 3 N–H and O–H groups in total. The first-order valence-electron chi connectivity index (χ1n) is 13.7. The molecule has 220 valence electrons. The van der Waals surface area contributed by atoms with Crippen LogP contribution in [-0.4, -0.2) is 84.5 Å². The molecule has 2 amide bonds. The minimum atomic E-state index is -1.24. The van der Waals surface area contributed by atoms with Gasteiger partial charge in [-0.15, -0.1) is 0 Å². The van der Waals surface area contributed by atoms with Crippen molar-refractivity contribution >= 4 is 46.9 Å². The molecular weight excluding hydrogens is 569 g/mol. The third-order valence-corrected chi connectivity index (χ3v) is 7.92. The molecular formula is C29H35Cl2N5O5. The van der Waals surface area contributed by atoms with Gasteiger partial charge in [0.05, 0.1) is 15.6 Å². The number of hydrogen-bond donors (Lipinski definition) is 3. The molecule has 1 aromatic carbocycles. The summed E-state index contributed by atoms with van der Waals surface area (Å²) in [6, 6.07) is 0.375. The van der Waals surface area contributed by atoms with Crippen LogP contribution in [0.2, 0.25) is 10.0 Å². The van der Waals surface area contributed by atoms with Crippen LogP contribution in [0.1, 0.15) is 47.7 Å². The molecule has 0 unspecified atom stereocenters. The fraction of sp³-hybridized carbons (Fsp3) is 0.448. The maximum atomic E-state index is 13.2. The van der Waals surface area contributed by atoms with Crippen molar-refractivity contribution in [2.45, 2.75) is 45.2 Å². The van der Waals surface area contributed by atoms with Gasteiger partial charge in [0, 0.05) is 39.8 Å². The van der Waals surface area contributed by atoms with Gasteiger partial charge in [-0.25, -0.2) is 4.79 Å². The number of rotatable bonds is 8. The number of carbonyl (C=O) groups excluding carboxylic acids is 2. The first-order valence-corrected chi connectivity index (χ1v) is 14.5. The van der Waals surface area contributed by atoms with Crippen molar-refractivity contribution in [3.05, 3.63) is 68.4 Å². The fourth-order valence-corrected chi connectivity index (χ4v) is 5.80. The molecule has 0 radical (unpaired) electrons. The first kappa shape index (κ1) is 30.5. The summed E-state index contributed by atoms with van der Waals surface area (Å²) in [5.74, 6) is -1.25. The van der Waals surface area contributed by atoms with Crippen LogP contribution in [0.3, 0.4) is 0 Å². The number of fused-ring (bicyclic) bond motifs is 1. The molecule has 41 heavy (non-hydrogen) atoms. The van der Waals surface area contributed by atoms with Gasteiger partial charge in [0.2, 0.25) is 0 Å². The highest BCUT2D eigenvalue weighted by Crippen LogP contribution is 2.35. The zero-order valence-electron chi connectivity index (χ0n) is 23.2. The van der Waals surface area contributed by atoms with Crippen LogP contribution in [0.15, 0.2) is 46.7 Å². The van der Waals surface area contributed by atoms with Crippen molar-refractivity contribution in [2.24, 2.45) is 4.99 Å². The average molecular weight is 605 g/mol. The Morgan fingerprint density at radius 1 is 1.20 bits per heavy atom. The predicted octanol–water partition coefficient (Wildman–Crippen LogP) is 3.54. The number of nitrogens with one attached hydrogen (secondary N) is 2. The molecule has 3 aliphatic heterocycles. The van der Waals surface area contributed by atoms with Gasteiger partial charge in [-0.1, -0.05) is 48.4 Å². The number of allylic oxidation sites excluding steroid dienone is 3. The second-order valence-electron chi connectivity index (χ2n) is 10.0. The monoisotopic (exact) mass is 603 g/mol. The number of benzene rings is 1. The summed E-state index contributed by atoms with van der Waals surface area (Å²) in [6.07, 6.45) is 11.1. The van der Waals surface area contributed by atoms with Crippen LogP contribution >= 0.6 is 23.2 Å².